The van der Waals surface area contributed by atoms with Gasteiger partial charge in [-0.25, -0.2) is 4.98 Å². The van der Waals surface area contributed by atoms with E-state index in [9.17, 15) is 0 Å². The average molecular weight is 334 g/mol. The number of hydrogen-bond acceptors (Lipinski definition) is 3. The first-order chi connectivity index (χ1) is 12.2. The third kappa shape index (κ3) is 2.09. The van der Waals surface area contributed by atoms with Crippen LogP contribution < -0.4 is 0 Å². The Kier molecular flexibility index (Phi) is 3.24. The van der Waals surface area contributed by atoms with Gasteiger partial charge in [-0.1, -0.05) is 38.1 Å². The lowest BCUT2D eigenvalue weighted by atomic mass is 9.64. The standard InChI is InChI=1S/C21H26N4/c1-3-24-13-21(14-24)15(2)25(19-11-7-4-8-16(19)21)12-20-22-17-9-5-6-10-18(17)23-20/h3,5-6,9-10,16,19H,1-2,4,7-8,11-14H2,(H,22,23). The van der Waals surface area contributed by atoms with E-state index in [4.69, 9.17) is 4.98 Å². The Hall–Kier alpha value is -2.23. The van der Waals surface area contributed by atoms with Crippen LogP contribution in [0.5, 0.6) is 0 Å². The van der Waals surface area contributed by atoms with E-state index < -0.39 is 0 Å². The van der Waals surface area contributed by atoms with Crippen molar-refractivity contribution < 1.29 is 0 Å². The Labute approximate surface area is 149 Å². The molecule has 2 unspecified atom stereocenters. The molecule has 4 nitrogen and oxygen atoms in total. The zero-order valence-corrected chi connectivity index (χ0v) is 14.7. The fourth-order valence-electron chi connectivity index (χ4n) is 5.51. The van der Waals surface area contributed by atoms with E-state index >= 15 is 0 Å². The minimum Gasteiger partial charge on any atom is -0.376 e. The van der Waals surface area contributed by atoms with Gasteiger partial charge in [0.25, 0.3) is 0 Å². The molecular formula is C21H26N4. The second-order valence-electron chi connectivity index (χ2n) is 7.98. The van der Waals surface area contributed by atoms with Crippen molar-refractivity contribution in [2.24, 2.45) is 11.3 Å². The molecule has 2 aromatic rings. The molecule has 1 aromatic heterocycles. The van der Waals surface area contributed by atoms with E-state index in [-0.39, 0.29) is 5.41 Å². The molecule has 0 bridgehead atoms. The van der Waals surface area contributed by atoms with Crippen molar-refractivity contribution in [3.63, 3.8) is 0 Å². The highest BCUT2D eigenvalue weighted by Crippen LogP contribution is 2.57. The first kappa shape index (κ1) is 15.1. The molecule has 2 saturated heterocycles. The number of likely N-dealkylation sites (tertiary alicyclic amines) is 2. The Balaban J connectivity index is 1.45. The van der Waals surface area contributed by atoms with Gasteiger partial charge >= 0.3 is 0 Å². The zero-order valence-electron chi connectivity index (χ0n) is 14.7. The van der Waals surface area contributed by atoms with E-state index in [0.29, 0.717) is 6.04 Å². The second-order valence-corrected chi connectivity index (χ2v) is 7.98. The van der Waals surface area contributed by atoms with Crippen LogP contribution in [0.15, 0.2) is 49.3 Å². The van der Waals surface area contributed by atoms with E-state index in [1.54, 1.807) is 0 Å². The predicted octanol–water partition coefficient (Wildman–Crippen LogP) is 3.90. The lowest BCUT2D eigenvalue weighted by Crippen LogP contribution is -2.57. The van der Waals surface area contributed by atoms with E-state index in [0.717, 1.165) is 42.4 Å². The third-order valence-electron chi connectivity index (χ3n) is 6.75. The summed E-state index contributed by atoms with van der Waals surface area (Å²) in [4.78, 5) is 13.2. The molecule has 0 amide bonds. The van der Waals surface area contributed by atoms with Crippen LogP contribution in [0.2, 0.25) is 0 Å². The molecule has 1 N–H and O–H groups in total. The van der Waals surface area contributed by atoms with Gasteiger partial charge in [0.05, 0.1) is 17.6 Å². The maximum atomic E-state index is 4.81. The Morgan fingerprint density at radius 3 is 2.84 bits per heavy atom. The predicted molar refractivity (Wildman–Crippen MR) is 101 cm³/mol. The SMILES string of the molecule is C=CN1CC2(C1)C(=C)N(Cc1nc3ccccc3[nH]1)C1CCCCC12. The molecule has 1 saturated carbocycles. The highest BCUT2D eigenvalue weighted by atomic mass is 15.3. The van der Waals surface area contributed by atoms with Gasteiger partial charge in [0.15, 0.2) is 0 Å². The molecule has 0 radical (unpaired) electrons. The van der Waals surface area contributed by atoms with Crippen LogP contribution in [0.1, 0.15) is 31.5 Å². The zero-order chi connectivity index (χ0) is 17.0. The number of rotatable bonds is 3. The van der Waals surface area contributed by atoms with Crippen LogP contribution in [0, 0.1) is 11.3 Å². The highest BCUT2D eigenvalue weighted by molar-refractivity contribution is 5.74. The van der Waals surface area contributed by atoms with Crippen molar-refractivity contribution in [1.29, 1.82) is 0 Å². The molecule has 2 atom stereocenters. The number of nitrogens with one attached hydrogen (secondary N) is 1. The maximum absolute atomic E-state index is 4.81. The van der Waals surface area contributed by atoms with Crippen LogP contribution in [0.3, 0.4) is 0 Å². The molecule has 5 rings (SSSR count). The van der Waals surface area contributed by atoms with E-state index in [1.807, 2.05) is 12.3 Å². The van der Waals surface area contributed by atoms with Crippen molar-refractivity contribution in [3.05, 3.63) is 55.1 Å². The molecule has 3 heterocycles. The minimum atomic E-state index is 0.269. The molecule has 2 aliphatic heterocycles. The molecule has 1 spiro atoms. The van der Waals surface area contributed by atoms with Crippen LogP contribution in [-0.4, -0.2) is 38.9 Å². The van der Waals surface area contributed by atoms with Crippen molar-refractivity contribution in [1.82, 2.24) is 19.8 Å². The minimum absolute atomic E-state index is 0.269. The summed E-state index contributed by atoms with van der Waals surface area (Å²) >= 11 is 0. The first-order valence-corrected chi connectivity index (χ1v) is 9.47. The monoisotopic (exact) mass is 334 g/mol. The Morgan fingerprint density at radius 2 is 2.04 bits per heavy atom. The number of nitrogens with zero attached hydrogens (tertiary/aromatic N) is 3. The number of aromatic amines is 1. The van der Waals surface area contributed by atoms with Crippen LogP contribution in [0.25, 0.3) is 11.0 Å². The lowest BCUT2D eigenvalue weighted by Gasteiger charge is -2.52. The van der Waals surface area contributed by atoms with Gasteiger partial charge in [-0.15, -0.1) is 0 Å². The summed E-state index contributed by atoms with van der Waals surface area (Å²) in [6.45, 7) is 11.6. The molecule has 4 heteroatoms. The molecule has 3 aliphatic rings. The topological polar surface area (TPSA) is 35.2 Å². The van der Waals surface area contributed by atoms with Gasteiger partial charge in [0.1, 0.15) is 5.82 Å². The van der Waals surface area contributed by atoms with Gasteiger partial charge in [-0.3, -0.25) is 0 Å². The lowest BCUT2D eigenvalue weighted by molar-refractivity contribution is 0.0193. The maximum Gasteiger partial charge on any atom is 0.126 e. The summed E-state index contributed by atoms with van der Waals surface area (Å²) in [6, 6.07) is 8.91. The summed E-state index contributed by atoms with van der Waals surface area (Å²) in [7, 11) is 0. The van der Waals surface area contributed by atoms with Crippen molar-refractivity contribution >= 4 is 11.0 Å². The van der Waals surface area contributed by atoms with Gasteiger partial charge in [0, 0.05) is 30.2 Å². The number of hydrogen-bond donors (Lipinski definition) is 1. The number of H-pyrrole nitrogens is 1. The van der Waals surface area contributed by atoms with Gasteiger partial charge in [-0.2, -0.15) is 0 Å². The molecule has 1 aliphatic carbocycles. The molecule has 1 aromatic carbocycles. The second kappa shape index (κ2) is 5.38. The molecule has 3 fully saturated rings. The van der Waals surface area contributed by atoms with E-state index in [2.05, 4.69) is 46.1 Å². The van der Waals surface area contributed by atoms with Crippen molar-refractivity contribution in [3.8, 4) is 0 Å². The Morgan fingerprint density at radius 1 is 1.24 bits per heavy atom. The van der Waals surface area contributed by atoms with Gasteiger partial charge < -0.3 is 14.8 Å². The van der Waals surface area contributed by atoms with Gasteiger partial charge in [-0.05, 0) is 37.1 Å². The molecule has 130 valence electrons. The van der Waals surface area contributed by atoms with Gasteiger partial charge in [0.2, 0.25) is 0 Å². The molecule has 25 heavy (non-hydrogen) atoms. The summed E-state index contributed by atoms with van der Waals surface area (Å²) in [5.41, 5.74) is 3.78. The summed E-state index contributed by atoms with van der Waals surface area (Å²) in [5, 5.41) is 0. The number of aromatic nitrogens is 2. The smallest absolute Gasteiger partial charge is 0.126 e. The van der Waals surface area contributed by atoms with Crippen LogP contribution in [-0.2, 0) is 6.54 Å². The number of benzene rings is 1. The van der Waals surface area contributed by atoms with Crippen molar-refractivity contribution in [2.75, 3.05) is 13.1 Å². The number of para-hydroxylation sites is 2. The normalized spacial score (nSPS) is 27.6. The number of imidazole rings is 1. The highest BCUT2D eigenvalue weighted by Gasteiger charge is 2.60. The fourth-order valence-corrected chi connectivity index (χ4v) is 5.51. The summed E-state index contributed by atoms with van der Waals surface area (Å²) in [5.74, 6) is 1.80. The van der Waals surface area contributed by atoms with Crippen LogP contribution >= 0.6 is 0 Å². The summed E-state index contributed by atoms with van der Waals surface area (Å²) in [6.07, 6.45) is 7.32. The largest absolute Gasteiger partial charge is 0.376 e. The molecular weight excluding hydrogens is 308 g/mol. The quantitative estimate of drug-likeness (QED) is 0.925. The number of fused-ring (bicyclic) bond motifs is 3. The average Bonchev–Trinajstić information content (AvgIpc) is 3.11. The van der Waals surface area contributed by atoms with E-state index in [1.165, 1.54) is 31.4 Å². The fraction of sp³-hybridized carbons (Fsp3) is 0.476. The Bertz CT molecular complexity index is 796. The first-order valence-electron chi connectivity index (χ1n) is 9.47. The van der Waals surface area contributed by atoms with Crippen LogP contribution in [0.4, 0.5) is 0 Å². The summed E-state index contributed by atoms with van der Waals surface area (Å²) < 4.78 is 0. The van der Waals surface area contributed by atoms with Crippen molar-refractivity contribution in [2.45, 2.75) is 38.3 Å². The third-order valence-corrected chi connectivity index (χ3v) is 6.75.